The Morgan fingerprint density at radius 1 is 0.262 bits per heavy atom. The van der Waals surface area contributed by atoms with Crippen molar-refractivity contribution in [1.29, 1.82) is 0 Å². The lowest BCUT2D eigenvalue weighted by Gasteiger charge is -2.21. The van der Waals surface area contributed by atoms with Crippen LogP contribution in [-0.4, -0.2) is 96.7 Å². The van der Waals surface area contributed by atoms with Gasteiger partial charge in [0.05, 0.1) is 26.4 Å². The van der Waals surface area contributed by atoms with Crippen LogP contribution in [0.5, 0.6) is 0 Å². The minimum atomic E-state index is -4.96. The molecule has 19 heteroatoms. The van der Waals surface area contributed by atoms with E-state index in [4.69, 9.17) is 37.0 Å². The molecule has 17 nitrogen and oxygen atoms in total. The Morgan fingerprint density at radius 2 is 0.447 bits per heavy atom. The van der Waals surface area contributed by atoms with E-state index in [1.54, 1.807) is 0 Å². The maximum absolute atomic E-state index is 13.1. The van der Waals surface area contributed by atoms with Crippen molar-refractivity contribution in [3.63, 3.8) is 0 Å². The Kier molecular flexibility index (Phi) is 75.4. The van der Waals surface area contributed by atoms with E-state index in [0.717, 1.165) is 95.8 Å². The number of aliphatic hydroxyl groups is 1. The van der Waals surface area contributed by atoms with E-state index in [9.17, 15) is 43.2 Å². The van der Waals surface area contributed by atoms with Crippen LogP contribution in [0, 0.1) is 5.92 Å². The first-order valence-corrected chi connectivity index (χ1v) is 46.6. The van der Waals surface area contributed by atoms with Crippen molar-refractivity contribution in [3.05, 3.63) is 0 Å². The van der Waals surface area contributed by atoms with Crippen molar-refractivity contribution in [3.8, 4) is 0 Å². The molecule has 0 spiro atoms. The van der Waals surface area contributed by atoms with Gasteiger partial charge in [0, 0.05) is 25.7 Å². The number of rotatable bonds is 84. The third-order valence-corrected chi connectivity index (χ3v) is 21.7. The summed E-state index contributed by atoms with van der Waals surface area (Å²) in [6.07, 6.45) is 69.4. The lowest BCUT2D eigenvalue weighted by Crippen LogP contribution is -2.30. The van der Waals surface area contributed by atoms with Gasteiger partial charge in [-0.15, -0.1) is 0 Å². The molecule has 103 heavy (non-hydrogen) atoms. The number of carbonyl (C=O) groups is 4. The van der Waals surface area contributed by atoms with Crippen molar-refractivity contribution in [2.45, 2.75) is 470 Å². The number of aliphatic hydroxyl groups excluding tert-OH is 1. The fourth-order valence-corrected chi connectivity index (χ4v) is 14.7. The highest BCUT2D eigenvalue weighted by atomic mass is 31.2. The largest absolute Gasteiger partial charge is 0.472 e. The highest BCUT2D eigenvalue weighted by Crippen LogP contribution is 2.45. The van der Waals surface area contributed by atoms with Crippen LogP contribution >= 0.6 is 15.6 Å². The topological polar surface area (TPSA) is 237 Å². The Morgan fingerprint density at radius 3 is 0.660 bits per heavy atom. The zero-order valence-electron chi connectivity index (χ0n) is 67.5. The summed E-state index contributed by atoms with van der Waals surface area (Å²) in [4.78, 5) is 73.2. The first kappa shape index (κ1) is 101. The van der Waals surface area contributed by atoms with Crippen molar-refractivity contribution in [2.75, 3.05) is 39.6 Å². The summed E-state index contributed by atoms with van der Waals surface area (Å²) >= 11 is 0. The molecule has 0 saturated carbocycles. The SMILES string of the molecule is CCCCCCCCCCCCCCCCCCCCCC(=O)O[C@H](COC(=O)CCCCCCCCCCCCCCCCCCC)COP(=O)(O)OC[C@@H](O)COP(=O)(O)OC[C@@H](COC(=O)CCCCCCCCCCC(C)C)OC(=O)CCCCCCCCCCCCCCCCCC. The number of phosphoric acid groups is 2. The highest BCUT2D eigenvalue weighted by Gasteiger charge is 2.30. The molecule has 5 atom stereocenters. The highest BCUT2D eigenvalue weighted by molar-refractivity contribution is 7.47. The molecule has 0 aromatic heterocycles. The van der Waals surface area contributed by atoms with Crippen LogP contribution in [0.2, 0.25) is 0 Å². The minimum Gasteiger partial charge on any atom is -0.462 e. The van der Waals surface area contributed by atoms with E-state index in [1.165, 1.54) is 276 Å². The van der Waals surface area contributed by atoms with Crippen molar-refractivity contribution < 1.29 is 80.2 Å². The van der Waals surface area contributed by atoms with Crippen molar-refractivity contribution in [2.24, 2.45) is 5.92 Å². The van der Waals surface area contributed by atoms with E-state index >= 15 is 0 Å². The monoisotopic (exact) mass is 1510 g/mol. The molecule has 0 bridgehead atoms. The van der Waals surface area contributed by atoms with Crippen LogP contribution in [-0.2, 0) is 65.4 Å². The summed E-state index contributed by atoms with van der Waals surface area (Å²) in [7, 11) is -9.92. The number of ether oxygens (including phenoxy) is 4. The Hall–Kier alpha value is -1.94. The molecular formula is C84H164O17P2. The quantitative estimate of drug-likeness (QED) is 0.0222. The van der Waals surface area contributed by atoms with Gasteiger partial charge in [-0.25, -0.2) is 9.13 Å². The summed E-state index contributed by atoms with van der Waals surface area (Å²) in [5.74, 6) is -1.38. The lowest BCUT2D eigenvalue weighted by atomic mass is 10.0. The van der Waals surface area contributed by atoms with Gasteiger partial charge in [0.15, 0.2) is 12.2 Å². The van der Waals surface area contributed by atoms with Gasteiger partial charge in [0.25, 0.3) is 0 Å². The van der Waals surface area contributed by atoms with E-state index in [-0.39, 0.29) is 25.7 Å². The molecule has 0 aliphatic carbocycles. The Labute approximate surface area is 632 Å². The van der Waals surface area contributed by atoms with E-state index < -0.39 is 97.5 Å². The maximum atomic E-state index is 13.1. The van der Waals surface area contributed by atoms with Gasteiger partial charge in [-0.2, -0.15) is 0 Å². The summed E-state index contributed by atoms with van der Waals surface area (Å²) in [5.41, 5.74) is 0. The van der Waals surface area contributed by atoms with Gasteiger partial charge in [0.1, 0.15) is 19.3 Å². The molecule has 0 aromatic carbocycles. The zero-order valence-corrected chi connectivity index (χ0v) is 69.3. The van der Waals surface area contributed by atoms with Gasteiger partial charge in [-0.3, -0.25) is 37.3 Å². The molecule has 3 N–H and O–H groups in total. The molecule has 0 aliphatic heterocycles. The maximum Gasteiger partial charge on any atom is 0.472 e. The van der Waals surface area contributed by atoms with Crippen LogP contribution in [0.25, 0.3) is 0 Å². The molecule has 0 aromatic rings. The number of carbonyl (C=O) groups excluding carboxylic acids is 4. The summed E-state index contributed by atoms with van der Waals surface area (Å²) in [6.45, 7) is 7.32. The number of esters is 4. The van der Waals surface area contributed by atoms with Crippen LogP contribution in [0.15, 0.2) is 0 Å². The fraction of sp³-hybridized carbons (Fsp3) is 0.952. The molecular weight excluding hydrogens is 1340 g/mol. The Bertz CT molecular complexity index is 1960. The average molecular weight is 1510 g/mol. The smallest absolute Gasteiger partial charge is 0.462 e. The van der Waals surface area contributed by atoms with Gasteiger partial charge < -0.3 is 33.8 Å². The number of phosphoric ester groups is 2. The molecule has 0 fully saturated rings. The second kappa shape index (κ2) is 76.8. The Balaban J connectivity index is 5.25. The fourth-order valence-electron chi connectivity index (χ4n) is 13.1. The molecule has 0 amide bonds. The van der Waals surface area contributed by atoms with Crippen LogP contribution in [0.4, 0.5) is 0 Å². The van der Waals surface area contributed by atoms with Gasteiger partial charge in [0.2, 0.25) is 0 Å². The molecule has 2 unspecified atom stereocenters. The second-order valence-corrected chi connectivity index (χ2v) is 33.6. The summed E-state index contributed by atoms with van der Waals surface area (Å²) in [5, 5.41) is 10.7. The third-order valence-electron chi connectivity index (χ3n) is 19.8. The molecule has 0 saturated heterocycles. The van der Waals surface area contributed by atoms with Gasteiger partial charge in [-0.1, -0.05) is 401 Å². The molecule has 0 aliphatic rings. The second-order valence-electron chi connectivity index (χ2n) is 30.7. The number of hydrogen-bond donors (Lipinski definition) is 3. The zero-order chi connectivity index (χ0) is 75.5. The first-order chi connectivity index (χ1) is 50.0. The van der Waals surface area contributed by atoms with E-state index in [1.807, 2.05) is 0 Å². The third kappa shape index (κ3) is 78.0. The predicted octanol–water partition coefficient (Wildman–Crippen LogP) is 25.6. The van der Waals surface area contributed by atoms with Gasteiger partial charge >= 0.3 is 39.5 Å². The number of unbranched alkanes of at least 4 members (excludes halogenated alkanes) is 56. The molecule has 0 rings (SSSR count). The molecule has 0 radical (unpaired) electrons. The lowest BCUT2D eigenvalue weighted by molar-refractivity contribution is -0.161. The number of hydrogen-bond acceptors (Lipinski definition) is 15. The van der Waals surface area contributed by atoms with Crippen molar-refractivity contribution >= 4 is 39.5 Å². The van der Waals surface area contributed by atoms with Crippen LogP contribution in [0.1, 0.15) is 452 Å². The molecule has 612 valence electrons. The van der Waals surface area contributed by atoms with Gasteiger partial charge in [-0.05, 0) is 31.6 Å². The van der Waals surface area contributed by atoms with Crippen LogP contribution in [0.3, 0.4) is 0 Å². The first-order valence-electron chi connectivity index (χ1n) is 43.6. The van der Waals surface area contributed by atoms with Crippen LogP contribution < -0.4 is 0 Å². The summed E-state index contributed by atoms with van der Waals surface area (Å²) in [6, 6.07) is 0. The normalized spacial score (nSPS) is 13.8. The standard InChI is InChI=1S/C84H164O17P2/c1-6-9-12-15-18-21-24-27-30-33-34-36-39-42-45-48-55-60-65-70-83(88)100-79(73-94-81(86)67-62-57-52-46-43-40-38-35-31-28-25-22-19-16-13-10-7-2)75-98-102(90,91)96-71-78(85)72-97-103(92,93)99-76-80(74-95-82(87)68-63-58-53-50-49-51-56-61-66-77(4)5)101-84(89)69-64-59-54-47-44-41-37-32-29-26-23-20-17-14-11-8-3/h77-80,85H,6-76H2,1-5H3,(H,90,91)(H,92,93)/t78-,79-,80-/m1/s1. The van der Waals surface area contributed by atoms with E-state index in [2.05, 4.69) is 34.6 Å². The van der Waals surface area contributed by atoms with E-state index in [0.29, 0.717) is 25.7 Å². The average Bonchev–Trinajstić information content (AvgIpc) is 0.914. The molecule has 0 heterocycles. The predicted molar refractivity (Wildman–Crippen MR) is 423 cm³/mol. The summed E-state index contributed by atoms with van der Waals surface area (Å²) < 4.78 is 68.9. The minimum absolute atomic E-state index is 0.108. The van der Waals surface area contributed by atoms with Crippen molar-refractivity contribution in [1.82, 2.24) is 0 Å².